The van der Waals surface area contributed by atoms with Crippen molar-refractivity contribution in [3.8, 4) is 11.5 Å². The van der Waals surface area contributed by atoms with E-state index < -0.39 is 0 Å². The Bertz CT molecular complexity index is 763. The van der Waals surface area contributed by atoms with E-state index in [9.17, 15) is 15.0 Å². The quantitative estimate of drug-likeness (QED) is 0.797. The van der Waals surface area contributed by atoms with E-state index in [1.807, 2.05) is 24.3 Å². The van der Waals surface area contributed by atoms with Crippen LogP contribution < -0.4 is 0 Å². The van der Waals surface area contributed by atoms with Gasteiger partial charge in [-0.2, -0.15) is 0 Å². The molecule has 0 aliphatic heterocycles. The van der Waals surface area contributed by atoms with Gasteiger partial charge in [-0.25, -0.2) is 0 Å². The second kappa shape index (κ2) is 6.75. The molecule has 2 N–H and O–H groups in total. The SMILES string of the molecule is CC1CC(=Cc2cccc(O)c2)C(=O)C(=Cc2cccc(O)c2)C1. The predicted octanol–water partition coefficient (Wildman–Crippen LogP) is 4.56. The number of benzene rings is 2. The molecule has 0 heterocycles. The summed E-state index contributed by atoms with van der Waals surface area (Å²) in [6, 6.07) is 13.8. The number of carbonyl (C=O) groups is 1. The lowest BCUT2D eigenvalue weighted by molar-refractivity contribution is -0.113. The van der Waals surface area contributed by atoms with Crippen molar-refractivity contribution in [3.05, 3.63) is 70.8 Å². The molecule has 0 spiro atoms. The summed E-state index contributed by atoms with van der Waals surface area (Å²) >= 11 is 0. The van der Waals surface area contributed by atoms with E-state index in [2.05, 4.69) is 6.92 Å². The molecule has 1 aliphatic rings. The third kappa shape index (κ3) is 3.74. The van der Waals surface area contributed by atoms with Crippen LogP contribution in [0.1, 0.15) is 30.9 Å². The Hall–Kier alpha value is -2.81. The molecule has 3 heteroatoms. The molecule has 0 aromatic heterocycles. The smallest absolute Gasteiger partial charge is 0.185 e. The maximum absolute atomic E-state index is 12.8. The van der Waals surface area contributed by atoms with Crippen LogP contribution in [0.2, 0.25) is 0 Å². The number of hydrogen-bond donors (Lipinski definition) is 2. The van der Waals surface area contributed by atoms with Crippen LogP contribution in [0.25, 0.3) is 12.2 Å². The van der Waals surface area contributed by atoms with E-state index in [0.717, 1.165) is 35.1 Å². The molecule has 2 aromatic carbocycles. The van der Waals surface area contributed by atoms with Crippen LogP contribution in [-0.2, 0) is 4.79 Å². The normalized spacial score (nSPS) is 21.4. The second-order valence-electron chi connectivity index (χ2n) is 6.37. The zero-order chi connectivity index (χ0) is 17.1. The maximum atomic E-state index is 12.8. The van der Waals surface area contributed by atoms with Crippen molar-refractivity contribution in [2.45, 2.75) is 19.8 Å². The Morgan fingerprint density at radius 1 is 0.875 bits per heavy atom. The molecule has 122 valence electrons. The van der Waals surface area contributed by atoms with E-state index in [-0.39, 0.29) is 17.3 Å². The van der Waals surface area contributed by atoms with Crippen LogP contribution in [0.15, 0.2) is 59.7 Å². The van der Waals surface area contributed by atoms with Crippen LogP contribution in [0.4, 0.5) is 0 Å². The number of phenolic OH excluding ortho intramolecular Hbond substituents is 2. The first kappa shape index (κ1) is 16.1. The average molecular weight is 320 g/mol. The summed E-state index contributed by atoms with van der Waals surface area (Å²) in [5.74, 6) is 0.793. The van der Waals surface area contributed by atoms with Gasteiger partial charge in [0.2, 0.25) is 0 Å². The van der Waals surface area contributed by atoms with Crippen molar-refractivity contribution < 1.29 is 15.0 Å². The summed E-state index contributed by atoms with van der Waals surface area (Å²) in [5.41, 5.74) is 3.16. The Balaban J connectivity index is 1.94. The molecule has 0 unspecified atom stereocenters. The number of carbonyl (C=O) groups excluding carboxylic acids is 1. The Morgan fingerprint density at radius 3 is 1.75 bits per heavy atom. The molecule has 0 amide bonds. The molecule has 0 bridgehead atoms. The van der Waals surface area contributed by atoms with Gasteiger partial charge < -0.3 is 10.2 Å². The number of phenols is 2. The van der Waals surface area contributed by atoms with Gasteiger partial charge in [0.05, 0.1) is 0 Å². The van der Waals surface area contributed by atoms with Gasteiger partial charge in [-0.15, -0.1) is 0 Å². The minimum Gasteiger partial charge on any atom is -0.508 e. The standard InChI is InChI=1S/C21H20O3/c1-14-8-17(10-15-4-2-6-19(22)12-15)21(24)18(9-14)11-16-5-3-7-20(23)13-16/h2-7,10-14,22-23H,8-9H2,1H3. The van der Waals surface area contributed by atoms with Crippen LogP contribution >= 0.6 is 0 Å². The lowest BCUT2D eigenvalue weighted by atomic mass is 9.81. The fourth-order valence-electron chi connectivity index (χ4n) is 3.10. The van der Waals surface area contributed by atoms with Crippen molar-refractivity contribution in [2.75, 3.05) is 0 Å². The second-order valence-corrected chi connectivity index (χ2v) is 6.37. The van der Waals surface area contributed by atoms with Gasteiger partial charge >= 0.3 is 0 Å². The maximum Gasteiger partial charge on any atom is 0.185 e. The minimum absolute atomic E-state index is 0.0415. The molecule has 1 saturated carbocycles. The Morgan fingerprint density at radius 2 is 1.33 bits per heavy atom. The van der Waals surface area contributed by atoms with Gasteiger partial charge in [0, 0.05) is 11.1 Å². The van der Waals surface area contributed by atoms with Crippen LogP contribution in [0.5, 0.6) is 11.5 Å². The van der Waals surface area contributed by atoms with E-state index in [1.54, 1.807) is 36.4 Å². The monoisotopic (exact) mass is 320 g/mol. The lowest BCUT2D eigenvalue weighted by Crippen LogP contribution is -2.18. The van der Waals surface area contributed by atoms with E-state index in [1.165, 1.54) is 0 Å². The lowest BCUT2D eigenvalue weighted by Gasteiger charge is -2.22. The first-order chi connectivity index (χ1) is 11.5. The number of ketones is 1. The van der Waals surface area contributed by atoms with Gasteiger partial charge in [-0.3, -0.25) is 4.79 Å². The van der Waals surface area contributed by atoms with Gasteiger partial charge in [0.25, 0.3) is 0 Å². The fourth-order valence-corrected chi connectivity index (χ4v) is 3.10. The van der Waals surface area contributed by atoms with Crippen LogP contribution in [-0.4, -0.2) is 16.0 Å². The number of hydrogen-bond acceptors (Lipinski definition) is 3. The van der Waals surface area contributed by atoms with Gasteiger partial charge in [0.15, 0.2) is 5.78 Å². The Kier molecular flexibility index (Phi) is 4.52. The molecule has 1 fully saturated rings. The molecule has 0 radical (unpaired) electrons. The summed E-state index contributed by atoms with van der Waals surface area (Å²) in [6.07, 6.45) is 5.17. The van der Waals surface area contributed by atoms with E-state index in [4.69, 9.17) is 0 Å². The van der Waals surface area contributed by atoms with Crippen LogP contribution in [0, 0.1) is 5.92 Å². The number of rotatable bonds is 2. The highest BCUT2D eigenvalue weighted by Crippen LogP contribution is 2.32. The molecular formula is C21H20O3. The number of allylic oxidation sites excluding steroid dienone is 2. The zero-order valence-corrected chi connectivity index (χ0v) is 13.6. The largest absolute Gasteiger partial charge is 0.508 e. The van der Waals surface area contributed by atoms with Gasteiger partial charge in [-0.1, -0.05) is 31.2 Å². The average Bonchev–Trinajstić information content (AvgIpc) is 2.52. The highest BCUT2D eigenvalue weighted by molar-refractivity contribution is 6.14. The van der Waals surface area contributed by atoms with Crippen molar-refractivity contribution in [1.82, 2.24) is 0 Å². The summed E-state index contributed by atoms with van der Waals surface area (Å²) in [5, 5.41) is 19.2. The zero-order valence-electron chi connectivity index (χ0n) is 13.6. The summed E-state index contributed by atoms with van der Waals surface area (Å²) in [6.45, 7) is 2.12. The first-order valence-electron chi connectivity index (χ1n) is 8.05. The molecule has 0 saturated heterocycles. The van der Waals surface area contributed by atoms with Gasteiger partial charge in [-0.05, 0) is 66.3 Å². The summed E-state index contributed by atoms with van der Waals surface area (Å²) in [7, 11) is 0. The van der Waals surface area contributed by atoms with Crippen molar-refractivity contribution in [2.24, 2.45) is 5.92 Å². The van der Waals surface area contributed by atoms with Crippen molar-refractivity contribution in [1.29, 1.82) is 0 Å². The van der Waals surface area contributed by atoms with Gasteiger partial charge in [0.1, 0.15) is 11.5 Å². The molecule has 1 aliphatic carbocycles. The molecule has 3 nitrogen and oxygen atoms in total. The Labute approximate surface area is 141 Å². The molecular weight excluding hydrogens is 300 g/mol. The molecule has 0 atom stereocenters. The first-order valence-corrected chi connectivity index (χ1v) is 8.05. The summed E-state index contributed by atoms with van der Waals surface area (Å²) < 4.78 is 0. The minimum atomic E-state index is 0.0415. The fraction of sp³-hybridized carbons (Fsp3) is 0.190. The van der Waals surface area contributed by atoms with E-state index >= 15 is 0 Å². The van der Waals surface area contributed by atoms with Crippen LogP contribution in [0.3, 0.4) is 0 Å². The molecule has 3 rings (SSSR count). The molecule has 24 heavy (non-hydrogen) atoms. The number of aromatic hydroxyl groups is 2. The predicted molar refractivity (Wildman–Crippen MR) is 95.6 cm³/mol. The third-order valence-corrected chi connectivity index (χ3v) is 4.14. The highest BCUT2D eigenvalue weighted by Gasteiger charge is 2.25. The number of Topliss-reactive ketones (excluding diaryl/α,β-unsaturated/α-hetero) is 1. The third-order valence-electron chi connectivity index (χ3n) is 4.14. The van der Waals surface area contributed by atoms with E-state index in [0.29, 0.717) is 5.92 Å². The van der Waals surface area contributed by atoms with Crippen molar-refractivity contribution in [3.63, 3.8) is 0 Å². The topological polar surface area (TPSA) is 57.5 Å². The van der Waals surface area contributed by atoms with Crippen molar-refractivity contribution >= 4 is 17.9 Å². The molecule has 2 aromatic rings. The highest BCUT2D eigenvalue weighted by atomic mass is 16.3. The summed E-state index contributed by atoms with van der Waals surface area (Å²) in [4.78, 5) is 12.8.